The summed E-state index contributed by atoms with van der Waals surface area (Å²) in [6.45, 7) is 2.73. The van der Waals surface area contributed by atoms with Crippen LogP contribution in [0.25, 0.3) is 0 Å². The number of amides is 1. The number of aryl methyl sites for hydroxylation is 1. The molecule has 1 amide bonds. The van der Waals surface area contributed by atoms with Crippen molar-refractivity contribution in [1.29, 1.82) is 0 Å². The van der Waals surface area contributed by atoms with Crippen LogP contribution in [-0.4, -0.2) is 44.9 Å². The summed E-state index contributed by atoms with van der Waals surface area (Å²) in [5, 5.41) is 0.627. The van der Waals surface area contributed by atoms with E-state index in [-0.39, 0.29) is 36.3 Å². The molecule has 0 radical (unpaired) electrons. The summed E-state index contributed by atoms with van der Waals surface area (Å²) >= 11 is 5.97. The van der Waals surface area contributed by atoms with Gasteiger partial charge in [-0.05, 0) is 60.9 Å². The highest BCUT2D eigenvalue weighted by Gasteiger charge is 2.35. The first-order valence-corrected chi connectivity index (χ1v) is 13.9. The second kappa shape index (κ2) is 12.0. The van der Waals surface area contributed by atoms with E-state index in [1.54, 1.807) is 41.3 Å². The molecule has 3 aromatic carbocycles. The number of benzene rings is 3. The zero-order valence-electron chi connectivity index (χ0n) is 21.1. The molecule has 1 heterocycles. The molecule has 38 heavy (non-hydrogen) atoms. The lowest BCUT2D eigenvalue weighted by molar-refractivity contribution is -0.139. The number of likely N-dealkylation sites (tertiary alicyclic amines) is 1. The standard InChI is InChI=1S/C28H29ClN2O6S/c1-19-3-10-24(11-4-19)38(34,35)30-25-13-14-31(28(25)33)17-22-15-21(16-27(32)36-2)7-12-26(22)37-18-20-5-8-23(29)9-6-20/h3-12,15,25,30H,13-14,16-18H2,1-2H3/t25-/m0/s1. The molecule has 1 N–H and O–H groups in total. The Morgan fingerprint density at radius 2 is 1.74 bits per heavy atom. The van der Waals surface area contributed by atoms with Crippen LogP contribution < -0.4 is 9.46 Å². The third-order valence-corrected chi connectivity index (χ3v) is 8.04. The predicted molar refractivity (Wildman–Crippen MR) is 143 cm³/mol. The summed E-state index contributed by atoms with van der Waals surface area (Å²) in [4.78, 5) is 26.7. The Labute approximate surface area is 227 Å². The SMILES string of the molecule is COC(=O)Cc1ccc(OCc2ccc(Cl)cc2)c(CN2CC[C@H](NS(=O)(=O)c3ccc(C)cc3)C2=O)c1. The second-order valence-electron chi connectivity index (χ2n) is 9.15. The molecule has 0 spiro atoms. The normalized spacial score (nSPS) is 15.5. The van der Waals surface area contributed by atoms with Crippen LogP contribution in [0.3, 0.4) is 0 Å². The number of ether oxygens (including phenoxy) is 2. The van der Waals surface area contributed by atoms with E-state index in [2.05, 4.69) is 4.72 Å². The highest BCUT2D eigenvalue weighted by Crippen LogP contribution is 2.26. The molecule has 4 rings (SSSR count). The average molecular weight is 557 g/mol. The van der Waals surface area contributed by atoms with E-state index < -0.39 is 16.1 Å². The molecule has 8 nitrogen and oxygen atoms in total. The lowest BCUT2D eigenvalue weighted by Crippen LogP contribution is -2.41. The molecule has 1 fully saturated rings. The highest BCUT2D eigenvalue weighted by atomic mass is 35.5. The molecule has 0 saturated carbocycles. The molecule has 1 aliphatic rings. The number of carbonyl (C=O) groups is 2. The molecule has 1 saturated heterocycles. The fourth-order valence-corrected chi connectivity index (χ4v) is 5.52. The number of esters is 1. The Hall–Kier alpha value is -3.40. The molecule has 1 atom stereocenters. The quantitative estimate of drug-likeness (QED) is 0.378. The van der Waals surface area contributed by atoms with Crippen LogP contribution in [0.1, 0.15) is 28.7 Å². The van der Waals surface area contributed by atoms with Gasteiger partial charge in [0, 0.05) is 23.7 Å². The Bertz CT molecular complexity index is 1410. The fourth-order valence-electron chi connectivity index (χ4n) is 4.17. The molecule has 10 heteroatoms. The topological polar surface area (TPSA) is 102 Å². The molecule has 3 aromatic rings. The maximum Gasteiger partial charge on any atom is 0.309 e. The van der Waals surface area contributed by atoms with Crippen molar-refractivity contribution in [2.45, 2.75) is 43.9 Å². The molecule has 0 bridgehead atoms. The van der Waals surface area contributed by atoms with Gasteiger partial charge in [-0.1, -0.05) is 47.5 Å². The van der Waals surface area contributed by atoms with Gasteiger partial charge in [0.2, 0.25) is 15.9 Å². The van der Waals surface area contributed by atoms with Crippen LogP contribution in [-0.2, 0) is 43.9 Å². The van der Waals surface area contributed by atoms with Gasteiger partial charge < -0.3 is 14.4 Å². The van der Waals surface area contributed by atoms with Gasteiger partial charge in [0.05, 0.1) is 18.4 Å². The third kappa shape index (κ3) is 6.92. The van der Waals surface area contributed by atoms with Crippen LogP contribution in [0, 0.1) is 6.92 Å². The zero-order chi connectivity index (χ0) is 27.3. The maximum atomic E-state index is 13.2. The number of sulfonamides is 1. The lowest BCUT2D eigenvalue weighted by Gasteiger charge is -2.20. The maximum absolute atomic E-state index is 13.2. The Morgan fingerprint density at radius 3 is 2.42 bits per heavy atom. The van der Waals surface area contributed by atoms with Crippen molar-refractivity contribution in [2.75, 3.05) is 13.7 Å². The highest BCUT2D eigenvalue weighted by molar-refractivity contribution is 7.89. The Morgan fingerprint density at radius 1 is 1.05 bits per heavy atom. The van der Waals surface area contributed by atoms with Crippen LogP contribution in [0.5, 0.6) is 5.75 Å². The first kappa shape index (κ1) is 27.6. The Kier molecular flexibility index (Phi) is 8.71. The van der Waals surface area contributed by atoms with Crippen LogP contribution in [0.2, 0.25) is 5.02 Å². The number of rotatable bonds is 10. The van der Waals surface area contributed by atoms with E-state index in [0.29, 0.717) is 34.9 Å². The molecule has 0 aromatic heterocycles. The van der Waals surface area contributed by atoms with Gasteiger partial charge in [-0.3, -0.25) is 9.59 Å². The van der Waals surface area contributed by atoms with Gasteiger partial charge in [0.1, 0.15) is 18.4 Å². The minimum atomic E-state index is -3.85. The van der Waals surface area contributed by atoms with Gasteiger partial charge >= 0.3 is 5.97 Å². The molecule has 0 unspecified atom stereocenters. The van der Waals surface area contributed by atoms with Crippen LogP contribution in [0.4, 0.5) is 0 Å². The van der Waals surface area contributed by atoms with E-state index in [1.165, 1.54) is 19.2 Å². The summed E-state index contributed by atoms with van der Waals surface area (Å²) in [6.07, 6.45) is 0.417. The number of nitrogens with zero attached hydrogens (tertiary/aromatic N) is 1. The number of hydrogen-bond donors (Lipinski definition) is 1. The van der Waals surface area contributed by atoms with Crippen molar-refractivity contribution in [2.24, 2.45) is 0 Å². The number of carbonyl (C=O) groups excluding carboxylic acids is 2. The van der Waals surface area contributed by atoms with Gasteiger partial charge in [-0.15, -0.1) is 0 Å². The molecule has 1 aliphatic heterocycles. The number of hydrogen-bond acceptors (Lipinski definition) is 6. The van der Waals surface area contributed by atoms with Crippen molar-refractivity contribution in [3.63, 3.8) is 0 Å². The first-order valence-electron chi connectivity index (χ1n) is 12.1. The second-order valence-corrected chi connectivity index (χ2v) is 11.3. The number of methoxy groups -OCH3 is 1. The summed E-state index contributed by atoms with van der Waals surface area (Å²) in [5.41, 5.74) is 3.28. The van der Waals surface area contributed by atoms with Crippen molar-refractivity contribution in [3.8, 4) is 5.75 Å². The van der Waals surface area contributed by atoms with E-state index in [9.17, 15) is 18.0 Å². The molecule has 0 aliphatic carbocycles. The minimum Gasteiger partial charge on any atom is -0.489 e. The van der Waals surface area contributed by atoms with Crippen molar-refractivity contribution in [1.82, 2.24) is 9.62 Å². The summed E-state index contributed by atoms with van der Waals surface area (Å²) < 4.78 is 39.0. The van der Waals surface area contributed by atoms with E-state index in [0.717, 1.165) is 11.1 Å². The number of halogens is 1. The monoisotopic (exact) mass is 556 g/mol. The fraction of sp³-hybridized carbons (Fsp3) is 0.286. The molecular formula is C28H29ClN2O6S. The average Bonchev–Trinajstić information content (AvgIpc) is 3.22. The van der Waals surface area contributed by atoms with E-state index in [4.69, 9.17) is 21.1 Å². The predicted octanol–water partition coefficient (Wildman–Crippen LogP) is 4.02. The van der Waals surface area contributed by atoms with Crippen molar-refractivity contribution < 1.29 is 27.5 Å². The van der Waals surface area contributed by atoms with E-state index >= 15 is 0 Å². The zero-order valence-corrected chi connectivity index (χ0v) is 22.7. The summed E-state index contributed by atoms with van der Waals surface area (Å²) in [6, 6.07) is 18.2. The van der Waals surface area contributed by atoms with Gasteiger partial charge in [-0.2, -0.15) is 4.72 Å². The van der Waals surface area contributed by atoms with Crippen LogP contribution in [0.15, 0.2) is 71.6 Å². The number of nitrogens with one attached hydrogen (secondary N) is 1. The summed E-state index contributed by atoms with van der Waals surface area (Å²) in [5.74, 6) is -0.138. The smallest absolute Gasteiger partial charge is 0.309 e. The molecule has 200 valence electrons. The van der Waals surface area contributed by atoms with Crippen LogP contribution >= 0.6 is 11.6 Å². The van der Waals surface area contributed by atoms with Gasteiger partial charge in [0.25, 0.3) is 0 Å². The van der Waals surface area contributed by atoms with E-state index in [1.807, 2.05) is 25.1 Å². The minimum absolute atomic E-state index is 0.0773. The molecular weight excluding hydrogens is 528 g/mol. The van der Waals surface area contributed by atoms with Crippen molar-refractivity contribution >= 4 is 33.5 Å². The van der Waals surface area contributed by atoms with Gasteiger partial charge in [-0.25, -0.2) is 8.42 Å². The lowest BCUT2D eigenvalue weighted by atomic mass is 10.1. The largest absolute Gasteiger partial charge is 0.489 e. The summed E-state index contributed by atoms with van der Waals surface area (Å²) in [7, 11) is -2.52. The van der Waals surface area contributed by atoms with Crippen molar-refractivity contribution in [3.05, 3.63) is 94.0 Å². The third-order valence-electron chi connectivity index (χ3n) is 6.30. The van der Waals surface area contributed by atoms with Gasteiger partial charge in [0.15, 0.2) is 0 Å². The first-order chi connectivity index (χ1) is 18.1. The Balaban J connectivity index is 1.50.